The molecule has 4 aromatic rings. The van der Waals surface area contributed by atoms with E-state index < -0.39 is 5.97 Å². The molecule has 3 aromatic carbocycles. The Morgan fingerprint density at radius 1 is 0.926 bits per heavy atom. The van der Waals surface area contributed by atoms with E-state index in [0.717, 1.165) is 27.4 Å². The molecular formula is C21H19BN2O3. The Kier molecular flexibility index (Phi) is 4.32. The van der Waals surface area contributed by atoms with Crippen LogP contribution in [0.2, 0.25) is 0 Å². The second kappa shape index (κ2) is 6.80. The lowest BCUT2D eigenvalue weighted by molar-refractivity contribution is -0.137. The number of carboxylic acid groups (broad SMARTS) is 1. The van der Waals surface area contributed by atoms with Gasteiger partial charge in [-0.25, -0.2) is 4.79 Å². The van der Waals surface area contributed by atoms with Gasteiger partial charge in [0.25, 0.3) is 0 Å². The minimum atomic E-state index is -0.914. The molecule has 0 saturated heterocycles. The number of nitrogens with zero attached hydrogens (tertiary/aromatic N) is 2. The molecule has 1 heterocycles. The summed E-state index contributed by atoms with van der Waals surface area (Å²) in [7, 11) is 2.07. The van der Waals surface area contributed by atoms with Gasteiger partial charge in [0.1, 0.15) is 7.85 Å². The number of aromatic nitrogens is 2. The van der Waals surface area contributed by atoms with Crippen LogP contribution in [-0.4, -0.2) is 28.1 Å². The standard InChI is InChI=1S/C21H19BN2O3/c22-16-8-4-6-14-5-3-7-15(20(14)16)13-24-18-10-2-1-9-17(18)23(21(24)27)12-11-19(25)26/h1-10H,11-13,22H2,(H,25,26). The van der Waals surface area contributed by atoms with Crippen LogP contribution in [0.15, 0.2) is 65.5 Å². The summed E-state index contributed by atoms with van der Waals surface area (Å²) in [6.45, 7) is 0.609. The van der Waals surface area contributed by atoms with Crippen LogP contribution in [0.25, 0.3) is 21.8 Å². The average molecular weight is 358 g/mol. The van der Waals surface area contributed by atoms with E-state index in [4.69, 9.17) is 5.11 Å². The molecule has 1 N–H and O–H groups in total. The molecule has 5 nitrogen and oxygen atoms in total. The number of aliphatic carboxylic acids is 1. The molecule has 0 spiro atoms. The fraction of sp³-hybridized carbons (Fsp3) is 0.143. The van der Waals surface area contributed by atoms with Gasteiger partial charge in [0.05, 0.1) is 24.0 Å². The van der Waals surface area contributed by atoms with Crippen molar-refractivity contribution in [3.63, 3.8) is 0 Å². The molecule has 0 atom stereocenters. The van der Waals surface area contributed by atoms with Crippen molar-refractivity contribution < 1.29 is 9.90 Å². The van der Waals surface area contributed by atoms with Crippen LogP contribution in [0.4, 0.5) is 0 Å². The number of para-hydroxylation sites is 2. The Labute approximate surface area is 156 Å². The van der Waals surface area contributed by atoms with Gasteiger partial charge in [0.2, 0.25) is 0 Å². The summed E-state index contributed by atoms with van der Waals surface area (Å²) in [5, 5.41) is 11.3. The summed E-state index contributed by atoms with van der Waals surface area (Å²) >= 11 is 0. The second-order valence-corrected chi connectivity index (χ2v) is 6.74. The van der Waals surface area contributed by atoms with Crippen LogP contribution >= 0.6 is 0 Å². The lowest BCUT2D eigenvalue weighted by atomic mass is 9.87. The molecule has 0 amide bonds. The predicted molar refractivity (Wildman–Crippen MR) is 110 cm³/mol. The summed E-state index contributed by atoms with van der Waals surface area (Å²) in [6.07, 6.45) is -0.0821. The van der Waals surface area contributed by atoms with Crippen molar-refractivity contribution >= 4 is 41.1 Å². The highest BCUT2D eigenvalue weighted by Gasteiger charge is 2.15. The lowest BCUT2D eigenvalue weighted by Gasteiger charge is -2.10. The number of rotatable bonds is 5. The SMILES string of the molecule is Bc1cccc2cccc(Cn3c(=O)n(CCC(=O)O)c4ccccc43)c12. The van der Waals surface area contributed by atoms with E-state index in [9.17, 15) is 9.59 Å². The van der Waals surface area contributed by atoms with Gasteiger partial charge in [-0.1, -0.05) is 54.0 Å². The van der Waals surface area contributed by atoms with Gasteiger partial charge < -0.3 is 5.11 Å². The molecule has 4 rings (SSSR count). The van der Waals surface area contributed by atoms with E-state index in [-0.39, 0.29) is 18.7 Å². The minimum absolute atomic E-state index is 0.0821. The van der Waals surface area contributed by atoms with Gasteiger partial charge in [-0.15, -0.1) is 0 Å². The Morgan fingerprint density at radius 2 is 1.59 bits per heavy atom. The van der Waals surface area contributed by atoms with Gasteiger partial charge in [0.15, 0.2) is 0 Å². The molecule has 134 valence electrons. The van der Waals surface area contributed by atoms with Crippen LogP contribution in [0.5, 0.6) is 0 Å². The van der Waals surface area contributed by atoms with E-state index in [1.807, 2.05) is 42.5 Å². The second-order valence-electron chi connectivity index (χ2n) is 6.74. The van der Waals surface area contributed by atoms with E-state index in [1.165, 1.54) is 5.46 Å². The first-order chi connectivity index (χ1) is 13.1. The third kappa shape index (κ3) is 3.03. The molecule has 0 aliphatic heterocycles. The smallest absolute Gasteiger partial charge is 0.329 e. The first kappa shape index (κ1) is 17.2. The maximum absolute atomic E-state index is 13.1. The van der Waals surface area contributed by atoms with Gasteiger partial charge in [-0.3, -0.25) is 13.9 Å². The quantitative estimate of drug-likeness (QED) is 0.553. The number of imidazole rings is 1. The zero-order chi connectivity index (χ0) is 19.0. The number of carboxylic acids is 1. The van der Waals surface area contributed by atoms with Crippen LogP contribution in [0.3, 0.4) is 0 Å². The number of fused-ring (bicyclic) bond motifs is 2. The average Bonchev–Trinajstić information content (AvgIpc) is 2.92. The zero-order valence-electron chi connectivity index (χ0n) is 15.1. The fourth-order valence-corrected chi connectivity index (χ4v) is 3.77. The molecule has 0 aliphatic carbocycles. The number of aryl methyl sites for hydroxylation is 1. The molecule has 0 saturated carbocycles. The topological polar surface area (TPSA) is 64.2 Å². The Morgan fingerprint density at radius 3 is 2.30 bits per heavy atom. The van der Waals surface area contributed by atoms with Crippen molar-refractivity contribution in [3.05, 3.63) is 76.7 Å². The van der Waals surface area contributed by atoms with Gasteiger partial charge >= 0.3 is 11.7 Å². The van der Waals surface area contributed by atoms with Crippen molar-refractivity contribution in [1.29, 1.82) is 0 Å². The minimum Gasteiger partial charge on any atom is -0.481 e. The molecule has 1 aromatic heterocycles. The maximum Gasteiger partial charge on any atom is 0.329 e. The third-order valence-electron chi connectivity index (χ3n) is 5.00. The van der Waals surface area contributed by atoms with Crippen molar-refractivity contribution in [1.82, 2.24) is 9.13 Å². The maximum atomic E-state index is 13.1. The van der Waals surface area contributed by atoms with Crippen LogP contribution in [0.1, 0.15) is 12.0 Å². The van der Waals surface area contributed by atoms with Gasteiger partial charge in [-0.2, -0.15) is 0 Å². The molecular weight excluding hydrogens is 339 g/mol. The highest BCUT2D eigenvalue weighted by atomic mass is 16.4. The zero-order valence-corrected chi connectivity index (χ0v) is 15.1. The Hall–Kier alpha value is -3.28. The van der Waals surface area contributed by atoms with Crippen molar-refractivity contribution in [3.8, 4) is 0 Å². The van der Waals surface area contributed by atoms with E-state index in [2.05, 4.69) is 26.0 Å². The largest absolute Gasteiger partial charge is 0.481 e. The molecule has 27 heavy (non-hydrogen) atoms. The molecule has 0 fully saturated rings. The molecule has 0 bridgehead atoms. The number of hydrogen-bond donors (Lipinski definition) is 1. The number of carbonyl (C=O) groups is 1. The van der Waals surface area contributed by atoms with Crippen LogP contribution < -0.4 is 11.2 Å². The van der Waals surface area contributed by atoms with Crippen LogP contribution in [0, 0.1) is 0 Å². The first-order valence-electron chi connectivity index (χ1n) is 8.93. The highest BCUT2D eigenvalue weighted by Crippen LogP contribution is 2.20. The third-order valence-corrected chi connectivity index (χ3v) is 5.00. The number of benzene rings is 3. The molecule has 0 aliphatic rings. The Balaban J connectivity index is 1.87. The first-order valence-corrected chi connectivity index (χ1v) is 8.93. The normalized spacial score (nSPS) is 11.3. The van der Waals surface area contributed by atoms with Crippen molar-refractivity contribution in [2.45, 2.75) is 19.5 Å². The summed E-state index contributed by atoms with van der Waals surface area (Å²) in [5.41, 5.74) is 3.65. The predicted octanol–water partition coefficient (Wildman–Crippen LogP) is 1.74. The van der Waals surface area contributed by atoms with E-state index in [0.29, 0.717) is 6.54 Å². The lowest BCUT2D eigenvalue weighted by Crippen LogP contribution is -2.26. The van der Waals surface area contributed by atoms with E-state index in [1.54, 1.807) is 9.13 Å². The van der Waals surface area contributed by atoms with Gasteiger partial charge in [0, 0.05) is 6.54 Å². The molecule has 6 heteroatoms. The van der Waals surface area contributed by atoms with Gasteiger partial charge in [-0.05, 0) is 28.5 Å². The Bertz CT molecular complexity index is 1220. The van der Waals surface area contributed by atoms with Crippen molar-refractivity contribution in [2.24, 2.45) is 0 Å². The van der Waals surface area contributed by atoms with E-state index >= 15 is 0 Å². The number of hydrogen-bond acceptors (Lipinski definition) is 2. The fourth-order valence-electron chi connectivity index (χ4n) is 3.77. The summed E-state index contributed by atoms with van der Waals surface area (Å²) in [6, 6.07) is 19.8. The van der Waals surface area contributed by atoms with Crippen LogP contribution in [-0.2, 0) is 17.9 Å². The summed E-state index contributed by atoms with van der Waals surface area (Å²) in [5.74, 6) is -0.914. The summed E-state index contributed by atoms with van der Waals surface area (Å²) < 4.78 is 3.29. The summed E-state index contributed by atoms with van der Waals surface area (Å²) in [4.78, 5) is 24.0. The molecule has 0 radical (unpaired) electrons. The highest BCUT2D eigenvalue weighted by molar-refractivity contribution is 6.39. The monoisotopic (exact) mass is 358 g/mol. The molecule has 0 unspecified atom stereocenters. The van der Waals surface area contributed by atoms with Crippen molar-refractivity contribution in [2.75, 3.05) is 0 Å².